The molecule has 0 amide bonds. The first-order chi connectivity index (χ1) is 6.77. The number of nitrogens with zero attached hydrogens (tertiary/aromatic N) is 1. The SMILES string of the molecule is C[C@H]1CNCCN1Cc1sccc1Br.Cl. The van der Waals surface area contributed by atoms with E-state index in [2.05, 4.69) is 44.5 Å². The maximum absolute atomic E-state index is 3.58. The van der Waals surface area contributed by atoms with Gasteiger partial charge in [0.05, 0.1) is 0 Å². The zero-order valence-corrected chi connectivity index (χ0v) is 11.9. The predicted molar refractivity (Wildman–Crippen MR) is 72.0 cm³/mol. The zero-order valence-electron chi connectivity index (χ0n) is 8.70. The summed E-state index contributed by atoms with van der Waals surface area (Å²) >= 11 is 5.42. The van der Waals surface area contributed by atoms with Gasteiger partial charge in [0.25, 0.3) is 0 Å². The minimum Gasteiger partial charge on any atom is -0.314 e. The molecule has 1 fully saturated rings. The summed E-state index contributed by atoms with van der Waals surface area (Å²) in [7, 11) is 0. The molecular weight excluding hydrogens is 296 g/mol. The molecule has 0 saturated carbocycles. The van der Waals surface area contributed by atoms with Crippen LogP contribution < -0.4 is 5.32 Å². The van der Waals surface area contributed by atoms with Crippen molar-refractivity contribution in [2.24, 2.45) is 0 Å². The molecule has 1 aliphatic rings. The number of halogens is 2. The molecular formula is C10H16BrClN2S. The van der Waals surface area contributed by atoms with Gasteiger partial charge in [-0.3, -0.25) is 4.90 Å². The number of piperazine rings is 1. The Bertz CT molecular complexity index is 305. The summed E-state index contributed by atoms with van der Waals surface area (Å²) in [4.78, 5) is 3.98. The van der Waals surface area contributed by atoms with Gasteiger partial charge in [0, 0.05) is 41.6 Å². The lowest BCUT2D eigenvalue weighted by atomic mass is 10.2. The molecule has 2 nitrogen and oxygen atoms in total. The fraction of sp³-hybridized carbons (Fsp3) is 0.600. The molecule has 5 heteroatoms. The molecule has 0 aliphatic carbocycles. The quantitative estimate of drug-likeness (QED) is 0.903. The fourth-order valence-corrected chi connectivity index (χ4v) is 3.24. The lowest BCUT2D eigenvalue weighted by Crippen LogP contribution is -2.49. The molecule has 2 heterocycles. The summed E-state index contributed by atoms with van der Waals surface area (Å²) in [6, 6.07) is 2.78. The highest BCUT2D eigenvalue weighted by Gasteiger charge is 2.18. The van der Waals surface area contributed by atoms with Crippen molar-refractivity contribution in [1.82, 2.24) is 10.2 Å². The summed E-state index contributed by atoms with van der Waals surface area (Å²) in [6.45, 7) is 6.76. The molecule has 1 aliphatic heterocycles. The number of thiophene rings is 1. The molecule has 0 aromatic carbocycles. The molecule has 15 heavy (non-hydrogen) atoms. The topological polar surface area (TPSA) is 15.3 Å². The van der Waals surface area contributed by atoms with Crippen LogP contribution in [0, 0.1) is 0 Å². The van der Waals surface area contributed by atoms with Crippen LogP contribution in [0.5, 0.6) is 0 Å². The Labute approximate surface area is 110 Å². The van der Waals surface area contributed by atoms with Crippen LogP contribution >= 0.6 is 39.7 Å². The van der Waals surface area contributed by atoms with E-state index in [4.69, 9.17) is 0 Å². The Morgan fingerprint density at radius 1 is 1.67 bits per heavy atom. The van der Waals surface area contributed by atoms with Gasteiger partial charge < -0.3 is 5.32 Å². The van der Waals surface area contributed by atoms with Gasteiger partial charge in [-0.25, -0.2) is 0 Å². The molecule has 2 rings (SSSR count). The first-order valence-corrected chi connectivity index (χ1v) is 6.61. The van der Waals surface area contributed by atoms with Crippen LogP contribution in [0.3, 0.4) is 0 Å². The number of rotatable bonds is 2. The van der Waals surface area contributed by atoms with E-state index in [-0.39, 0.29) is 12.4 Å². The second-order valence-electron chi connectivity index (χ2n) is 3.72. The van der Waals surface area contributed by atoms with Gasteiger partial charge in [-0.05, 0) is 34.3 Å². The van der Waals surface area contributed by atoms with Crippen molar-refractivity contribution >= 4 is 39.7 Å². The standard InChI is InChI=1S/C10H15BrN2S.ClH/c1-8-6-12-3-4-13(8)7-10-9(11)2-5-14-10;/h2,5,8,12H,3-4,6-7H2,1H3;1H/t8-;/m0./s1. The summed E-state index contributed by atoms with van der Waals surface area (Å²) in [5.41, 5.74) is 0. The first-order valence-electron chi connectivity index (χ1n) is 4.94. The fourth-order valence-electron chi connectivity index (χ4n) is 1.74. The van der Waals surface area contributed by atoms with Gasteiger partial charge >= 0.3 is 0 Å². The van der Waals surface area contributed by atoms with Crippen LogP contribution in [0.15, 0.2) is 15.9 Å². The third-order valence-corrected chi connectivity index (χ3v) is 4.59. The predicted octanol–water partition coefficient (Wildman–Crippen LogP) is 2.73. The third-order valence-electron chi connectivity index (χ3n) is 2.68. The number of nitrogens with one attached hydrogen (secondary N) is 1. The molecule has 1 aromatic rings. The van der Waals surface area contributed by atoms with Gasteiger partial charge in [-0.15, -0.1) is 23.7 Å². The van der Waals surface area contributed by atoms with E-state index in [9.17, 15) is 0 Å². The van der Waals surface area contributed by atoms with Gasteiger partial charge in [-0.1, -0.05) is 0 Å². The summed E-state index contributed by atoms with van der Waals surface area (Å²) in [6.07, 6.45) is 0. The molecule has 0 radical (unpaired) electrons. The van der Waals surface area contributed by atoms with E-state index >= 15 is 0 Å². The van der Waals surface area contributed by atoms with Crippen LogP contribution in [-0.2, 0) is 6.54 Å². The Hall–Kier alpha value is 0.390. The average molecular weight is 312 g/mol. The van der Waals surface area contributed by atoms with Crippen molar-refractivity contribution in [2.75, 3.05) is 19.6 Å². The lowest BCUT2D eigenvalue weighted by Gasteiger charge is -2.33. The third kappa shape index (κ3) is 3.43. The molecule has 1 N–H and O–H groups in total. The van der Waals surface area contributed by atoms with E-state index in [0.717, 1.165) is 26.2 Å². The minimum absolute atomic E-state index is 0. The summed E-state index contributed by atoms with van der Waals surface area (Å²) in [5, 5.41) is 5.55. The van der Waals surface area contributed by atoms with Crippen molar-refractivity contribution in [3.63, 3.8) is 0 Å². The molecule has 0 unspecified atom stereocenters. The molecule has 0 spiro atoms. The van der Waals surface area contributed by atoms with Crippen LogP contribution in [0.25, 0.3) is 0 Å². The Morgan fingerprint density at radius 3 is 3.07 bits per heavy atom. The summed E-state index contributed by atoms with van der Waals surface area (Å²) < 4.78 is 1.26. The second kappa shape index (κ2) is 6.21. The van der Waals surface area contributed by atoms with Crippen LogP contribution in [-0.4, -0.2) is 30.6 Å². The van der Waals surface area contributed by atoms with Crippen molar-refractivity contribution in [1.29, 1.82) is 0 Å². The molecule has 1 aromatic heterocycles. The smallest absolute Gasteiger partial charge is 0.0343 e. The minimum atomic E-state index is 0. The van der Waals surface area contributed by atoms with Crippen LogP contribution in [0.2, 0.25) is 0 Å². The van der Waals surface area contributed by atoms with E-state index in [1.54, 1.807) is 0 Å². The molecule has 1 atom stereocenters. The maximum Gasteiger partial charge on any atom is 0.0343 e. The lowest BCUT2D eigenvalue weighted by molar-refractivity contribution is 0.167. The highest BCUT2D eigenvalue weighted by Crippen LogP contribution is 2.24. The second-order valence-corrected chi connectivity index (χ2v) is 5.57. The highest BCUT2D eigenvalue weighted by atomic mass is 79.9. The first kappa shape index (κ1) is 13.5. The van der Waals surface area contributed by atoms with E-state index in [0.29, 0.717) is 6.04 Å². The van der Waals surface area contributed by atoms with Crippen molar-refractivity contribution < 1.29 is 0 Å². The van der Waals surface area contributed by atoms with E-state index < -0.39 is 0 Å². The van der Waals surface area contributed by atoms with Crippen molar-refractivity contribution in [3.05, 3.63) is 20.8 Å². The average Bonchev–Trinajstić information content (AvgIpc) is 2.56. The molecule has 0 bridgehead atoms. The monoisotopic (exact) mass is 310 g/mol. The van der Waals surface area contributed by atoms with E-state index in [1.165, 1.54) is 9.35 Å². The van der Waals surface area contributed by atoms with Gasteiger partial charge in [0.2, 0.25) is 0 Å². The number of hydrogen-bond donors (Lipinski definition) is 1. The Morgan fingerprint density at radius 2 is 2.47 bits per heavy atom. The molecule has 1 saturated heterocycles. The van der Waals surface area contributed by atoms with Crippen molar-refractivity contribution in [3.8, 4) is 0 Å². The zero-order chi connectivity index (χ0) is 9.97. The largest absolute Gasteiger partial charge is 0.314 e. The highest BCUT2D eigenvalue weighted by molar-refractivity contribution is 9.10. The van der Waals surface area contributed by atoms with Crippen molar-refractivity contribution in [2.45, 2.75) is 19.5 Å². The van der Waals surface area contributed by atoms with Gasteiger partial charge in [0.15, 0.2) is 0 Å². The Balaban J connectivity index is 0.00000112. The number of hydrogen-bond acceptors (Lipinski definition) is 3. The van der Waals surface area contributed by atoms with Crippen LogP contribution in [0.1, 0.15) is 11.8 Å². The van der Waals surface area contributed by atoms with E-state index in [1.807, 2.05) is 11.3 Å². The van der Waals surface area contributed by atoms with Gasteiger partial charge in [-0.2, -0.15) is 0 Å². The normalized spacial score (nSPS) is 22.4. The summed E-state index contributed by atoms with van der Waals surface area (Å²) in [5.74, 6) is 0. The van der Waals surface area contributed by atoms with Gasteiger partial charge in [0.1, 0.15) is 0 Å². The Kier molecular flexibility index (Phi) is 5.57. The maximum atomic E-state index is 3.58. The van der Waals surface area contributed by atoms with Crippen LogP contribution in [0.4, 0.5) is 0 Å². The molecule has 86 valence electrons.